The Labute approximate surface area is 149 Å². The molecule has 0 radical (unpaired) electrons. The Morgan fingerprint density at radius 2 is 1.75 bits per heavy atom. The second-order valence-electron chi connectivity index (χ2n) is 5.12. The number of amides is 1. The highest BCUT2D eigenvalue weighted by molar-refractivity contribution is 8.01. The van der Waals surface area contributed by atoms with Gasteiger partial charge in [-0.3, -0.25) is 10.1 Å². The van der Waals surface area contributed by atoms with E-state index in [0.717, 1.165) is 27.6 Å². The standard InChI is InChI=1S/C18H17N3OS2/c1-2-12-23-18-21-20-17(24-18)19-16(22)15-10-8-14(9-11-15)13-6-4-3-5-7-13/h3-11H,2,12H2,1H3,(H,19,20,22). The van der Waals surface area contributed by atoms with Crippen LogP contribution in [0.5, 0.6) is 0 Å². The van der Waals surface area contributed by atoms with Crippen molar-refractivity contribution in [3.8, 4) is 11.1 Å². The van der Waals surface area contributed by atoms with Crippen LogP contribution in [-0.2, 0) is 0 Å². The third-order valence-electron chi connectivity index (χ3n) is 3.31. The van der Waals surface area contributed by atoms with E-state index in [-0.39, 0.29) is 5.91 Å². The molecule has 2 aromatic carbocycles. The summed E-state index contributed by atoms with van der Waals surface area (Å²) in [5.74, 6) is 0.835. The molecule has 0 bridgehead atoms. The first-order valence-corrected chi connectivity index (χ1v) is 9.49. The quantitative estimate of drug-likeness (QED) is 0.501. The van der Waals surface area contributed by atoms with Gasteiger partial charge >= 0.3 is 0 Å². The topological polar surface area (TPSA) is 54.9 Å². The predicted molar refractivity (Wildman–Crippen MR) is 101 cm³/mol. The Kier molecular flexibility index (Phi) is 5.61. The normalized spacial score (nSPS) is 10.5. The maximum absolute atomic E-state index is 12.3. The van der Waals surface area contributed by atoms with Gasteiger partial charge in [0.1, 0.15) is 0 Å². The van der Waals surface area contributed by atoms with Gasteiger partial charge in [0.05, 0.1) is 0 Å². The molecule has 1 N–H and O–H groups in total. The van der Waals surface area contributed by atoms with Crippen LogP contribution < -0.4 is 5.32 Å². The Bertz CT molecular complexity index is 801. The number of aromatic nitrogens is 2. The number of nitrogens with one attached hydrogen (secondary N) is 1. The van der Waals surface area contributed by atoms with Gasteiger partial charge in [-0.05, 0) is 29.7 Å². The average Bonchev–Trinajstić information content (AvgIpc) is 3.08. The smallest absolute Gasteiger partial charge is 0.257 e. The van der Waals surface area contributed by atoms with Crippen LogP contribution in [0.2, 0.25) is 0 Å². The first kappa shape index (κ1) is 16.7. The van der Waals surface area contributed by atoms with Gasteiger partial charge in [-0.15, -0.1) is 10.2 Å². The second kappa shape index (κ2) is 8.08. The molecule has 0 aliphatic rings. The van der Waals surface area contributed by atoms with Crippen LogP contribution in [0.15, 0.2) is 58.9 Å². The number of carbonyl (C=O) groups is 1. The van der Waals surface area contributed by atoms with Crippen LogP contribution in [0.25, 0.3) is 11.1 Å². The first-order valence-electron chi connectivity index (χ1n) is 7.69. The summed E-state index contributed by atoms with van der Waals surface area (Å²) < 4.78 is 0.881. The SMILES string of the molecule is CCCSc1nnc(NC(=O)c2ccc(-c3ccccc3)cc2)s1. The van der Waals surface area contributed by atoms with E-state index >= 15 is 0 Å². The zero-order valence-electron chi connectivity index (χ0n) is 13.2. The number of nitrogens with zero attached hydrogens (tertiary/aromatic N) is 2. The van der Waals surface area contributed by atoms with Crippen molar-refractivity contribution >= 4 is 34.1 Å². The Morgan fingerprint density at radius 1 is 1.04 bits per heavy atom. The van der Waals surface area contributed by atoms with Crippen molar-refractivity contribution in [2.75, 3.05) is 11.1 Å². The zero-order valence-corrected chi connectivity index (χ0v) is 14.9. The van der Waals surface area contributed by atoms with E-state index in [0.29, 0.717) is 10.7 Å². The van der Waals surface area contributed by atoms with Gasteiger partial charge in [-0.1, -0.05) is 72.5 Å². The average molecular weight is 355 g/mol. The minimum Gasteiger partial charge on any atom is -0.296 e. The fourth-order valence-electron chi connectivity index (χ4n) is 2.12. The summed E-state index contributed by atoms with van der Waals surface area (Å²) >= 11 is 3.06. The predicted octanol–water partition coefficient (Wildman–Crippen LogP) is 4.96. The van der Waals surface area contributed by atoms with Gasteiger partial charge in [0, 0.05) is 11.3 Å². The summed E-state index contributed by atoms with van der Waals surface area (Å²) in [7, 11) is 0. The van der Waals surface area contributed by atoms with Crippen molar-refractivity contribution < 1.29 is 4.79 Å². The Balaban J connectivity index is 1.66. The molecule has 6 heteroatoms. The summed E-state index contributed by atoms with van der Waals surface area (Å²) in [6.07, 6.45) is 1.08. The maximum Gasteiger partial charge on any atom is 0.257 e. The summed E-state index contributed by atoms with van der Waals surface area (Å²) in [4.78, 5) is 12.3. The van der Waals surface area contributed by atoms with Crippen molar-refractivity contribution in [2.24, 2.45) is 0 Å². The second-order valence-corrected chi connectivity index (χ2v) is 7.44. The molecule has 0 aliphatic carbocycles. The third kappa shape index (κ3) is 4.21. The molecule has 4 nitrogen and oxygen atoms in total. The molecule has 122 valence electrons. The van der Waals surface area contributed by atoms with Crippen molar-refractivity contribution in [3.63, 3.8) is 0 Å². The van der Waals surface area contributed by atoms with E-state index in [1.54, 1.807) is 11.8 Å². The van der Waals surface area contributed by atoms with Crippen LogP contribution in [-0.4, -0.2) is 21.9 Å². The highest BCUT2D eigenvalue weighted by Gasteiger charge is 2.10. The van der Waals surface area contributed by atoms with E-state index in [4.69, 9.17) is 0 Å². The van der Waals surface area contributed by atoms with Gasteiger partial charge in [0.15, 0.2) is 4.34 Å². The fourth-order valence-corrected chi connectivity index (χ4v) is 3.79. The van der Waals surface area contributed by atoms with E-state index < -0.39 is 0 Å². The lowest BCUT2D eigenvalue weighted by atomic mass is 10.0. The van der Waals surface area contributed by atoms with E-state index in [1.807, 2.05) is 54.6 Å². The minimum absolute atomic E-state index is 0.169. The molecular weight excluding hydrogens is 338 g/mol. The molecule has 0 saturated carbocycles. The van der Waals surface area contributed by atoms with Gasteiger partial charge in [0.2, 0.25) is 5.13 Å². The van der Waals surface area contributed by atoms with Crippen LogP contribution in [0.4, 0.5) is 5.13 Å². The number of anilines is 1. The monoisotopic (exact) mass is 355 g/mol. The molecule has 0 saturated heterocycles. The summed E-state index contributed by atoms with van der Waals surface area (Å²) in [6, 6.07) is 17.6. The molecule has 24 heavy (non-hydrogen) atoms. The zero-order chi connectivity index (χ0) is 16.8. The molecule has 1 aromatic heterocycles. The van der Waals surface area contributed by atoms with Crippen molar-refractivity contribution in [2.45, 2.75) is 17.7 Å². The highest BCUT2D eigenvalue weighted by Crippen LogP contribution is 2.26. The Morgan fingerprint density at radius 3 is 2.46 bits per heavy atom. The molecule has 3 rings (SSSR count). The van der Waals surface area contributed by atoms with Crippen LogP contribution in [0.3, 0.4) is 0 Å². The lowest BCUT2D eigenvalue weighted by Gasteiger charge is -2.04. The van der Waals surface area contributed by atoms with Gasteiger partial charge < -0.3 is 0 Å². The fraction of sp³-hybridized carbons (Fsp3) is 0.167. The van der Waals surface area contributed by atoms with Crippen LogP contribution >= 0.6 is 23.1 Å². The largest absolute Gasteiger partial charge is 0.296 e. The van der Waals surface area contributed by atoms with Crippen LogP contribution in [0, 0.1) is 0 Å². The van der Waals surface area contributed by atoms with Gasteiger partial charge in [-0.2, -0.15) is 0 Å². The lowest BCUT2D eigenvalue weighted by molar-refractivity contribution is 0.102. The Hall–Kier alpha value is -2.18. The van der Waals surface area contributed by atoms with E-state index in [1.165, 1.54) is 11.3 Å². The molecule has 1 heterocycles. The van der Waals surface area contributed by atoms with Gasteiger partial charge in [0.25, 0.3) is 5.91 Å². The number of thioether (sulfide) groups is 1. The number of rotatable bonds is 6. The molecule has 3 aromatic rings. The molecule has 1 amide bonds. The number of benzene rings is 2. The lowest BCUT2D eigenvalue weighted by Crippen LogP contribution is -2.11. The maximum atomic E-state index is 12.3. The minimum atomic E-state index is -0.169. The molecule has 0 atom stereocenters. The molecule has 0 aliphatic heterocycles. The van der Waals surface area contributed by atoms with Crippen molar-refractivity contribution in [1.29, 1.82) is 0 Å². The summed E-state index contributed by atoms with van der Waals surface area (Å²) in [5.41, 5.74) is 2.82. The number of hydrogen-bond acceptors (Lipinski definition) is 5. The summed E-state index contributed by atoms with van der Waals surface area (Å²) in [6.45, 7) is 2.12. The highest BCUT2D eigenvalue weighted by atomic mass is 32.2. The molecule has 0 fully saturated rings. The van der Waals surface area contributed by atoms with E-state index in [2.05, 4.69) is 22.4 Å². The van der Waals surface area contributed by atoms with Crippen molar-refractivity contribution in [1.82, 2.24) is 10.2 Å². The number of hydrogen-bond donors (Lipinski definition) is 1. The first-order chi connectivity index (χ1) is 11.8. The molecule has 0 unspecified atom stereocenters. The summed E-state index contributed by atoms with van der Waals surface area (Å²) in [5, 5.41) is 11.4. The molecule has 0 spiro atoms. The number of carbonyl (C=O) groups excluding carboxylic acids is 1. The van der Waals surface area contributed by atoms with Gasteiger partial charge in [-0.25, -0.2) is 0 Å². The molecular formula is C18H17N3OS2. The van der Waals surface area contributed by atoms with E-state index in [9.17, 15) is 4.79 Å². The van der Waals surface area contributed by atoms with Crippen molar-refractivity contribution in [3.05, 3.63) is 60.2 Å². The third-order valence-corrected chi connectivity index (χ3v) is 5.49. The van der Waals surface area contributed by atoms with Crippen LogP contribution in [0.1, 0.15) is 23.7 Å².